The van der Waals surface area contributed by atoms with Crippen LogP contribution in [0.5, 0.6) is 0 Å². The van der Waals surface area contributed by atoms with Crippen molar-refractivity contribution in [2.45, 2.75) is 32.2 Å². The van der Waals surface area contributed by atoms with Crippen LogP contribution in [-0.4, -0.2) is 51.3 Å². The average Bonchev–Trinajstić information content (AvgIpc) is 3.19. The fraction of sp³-hybridized carbons (Fsp3) is 0.391. The van der Waals surface area contributed by atoms with Crippen LogP contribution in [0.15, 0.2) is 54.6 Å². The number of para-hydroxylation sites is 1. The Morgan fingerprint density at radius 3 is 2.73 bits per heavy atom. The molecule has 1 aromatic heterocycles. The number of nitrogens with zero attached hydrogens (tertiary/aromatic N) is 4. The van der Waals surface area contributed by atoms with Gasteiger partial charge in [-0.2, -0.15) is 0 Å². The molecule has 1 fully saturated rings. The molecule has 1 saturated heterocycles. The lowest BCUT2D eigenvalue weighted by molar-refractivity contribution is -0.138. The van der Waals surface area contributed by atoms with Gasteiger partial charge in [0.05, 0.1) is 18.0 Å². The lowest BCUT2D eigenvalue weighted by atomic mass is 9.96. The fourth-order valence-electron chi connectivity index (χ4n) is 3.98. The van der Waals surface area contributed by atoms with E-state index in [1.165, 1.54) is 5.56 Å². The average molecular weight is 406 g/mol. The number of carbonyl (C=O) groups excluding carboxylic acids is 2. The maximum Gasteiger partial charge on any atom is 0.224 e. The summed E-state index contributed by atoms with van der Waals surface area (Å²) in [6.45, 7) is 2.26. The summed E-state index contributed by atoms with van der Waals surface area (Å²) in [4.78, 5) is 26.8. The van der Waals surface area contributed by atoms with Crippen molar-refractivity contribution in [2.75, 3.05) is 19.6 Å². The van der Waals surface area contributed by atoms with E-state index >= 15 is 0 Å². The summed E-state index contributed by atoms with van der Waals surface area (Å²) in [6.07, 6.45) is 2.90. The van der Waals surface area contributed by atoms with Crippen LogP contribution in [0.1, 0.15) is 24.8 Å². The number of piperidine rings is 1. The zero-order chi connectivity index (χ0) is 20.8. The minimum absolute atomic E-state index is 0.0139. The number of likely N-dealkylation sites (tertiary alicyclic amines) is 1. The first-order valence-electron chi connectivity index (χ1n) is 10.6. The summed E-state index contributed by atoms with van der Waals surface area (Å²) in [5.74, 6) is 0.0214. The topological polar surface area (TPSA) is 80.1 Å². The molecule has 2 amide bonds. The van der Waals surface area contributed by atoms with E-state index in [9.17, 15) is 9.59 Å². The second-order valence-corrected chi connectivity index (χ2v) is 7.76. The third kappa shape index (κ3) is 4.84. The molecule has 0 aliphatic carbocycles. The van der Waals surface area contributed by atoms with Crippen molar-refractivity contribution < 1.29 is 9.59 Å². The highest BCUT2D eigenvalue weighted by Crippen LogP contribution is 2.18. The Morgan fingerprint density at radius 1 is 1.07 bits per heavy atom. The van der Waals surface area contributed by atoms with Crippen LogP contribution in [0.4, 0.5) is 0 Å². The molecule has 30 heavy (non-hydrogen) atoms. The highest BCUT2D eigenvalue weighted by Gasteiger charge is 2.29. The van der Waals surface area contributed by atoms with Gasteiger partial charge in [-0.1, -0.05) is 47.7 Å². The van der Waals surface area contributed by atoms with Gasteiger partial charge in [-0.15, -0.1) is 5.10 Å². The van der Waals surface area contributed by atoms with Crippen molar-refractivity contribution in [3.05, 3.63) is 60.2 Å². The molecular weight excluding hydrogens is 378 g/mol. The molecule has 0 spiro atoms. The maximum absolute atomic E-state index is 12.6. The van der Waals surface area contributed by atoms with Crippen LogP contribution in [-0.2, 0) is 22.6 Å². The Bertz CT molecular complexity index is 1000. The normalized spacial score (nSPS) is 16.7. The lowest BCUT2D eigenvalue weighted by Gasteiger charge is -2.32. The van der Waals surface area contributed by atoms with E-state index in [-0.39, 0.29) is 17.7 Å². The number of rotatable bonds is 8. The van der Waals surface area contributed by atoms with E-state index in [1.807, 2.05) is 47.4 Å². The van der Waals surface area contributed by atoms with Gasteiger partial charge in [-0.25, -0.2) is 4.68 Å². The van der Waals surface area contributed by atoms with Crippen molar-refractivity contribution in [2.24, 2.45) is 5.92 Å². The fourth-order valence-corrected chi connectivity index (χ4v) is 3.98. The molecule has 1 N–H and O–H groups in total. The predicted octanol–water partition coefficient (Wildman–Crippen LogP) is 2.42. The van der Waals surface area contributed by atoms with Crippen LogP contribution in [0.25, 0.3) is 11.0 Å². The monoisotopic (exact) mass is 405 g/mol. The summed E-state index contributed by atoms with van der Waals surface area (Å²) in [5, 5.41) is 11.3. The number of aryl methyl sites for hydroxylation is 1. The third-order valence-corrected chi connectivity index (χ3v) is 5.65. The molecule has 0 bridgehead atoms. The molecule has 1 aliphatic heterocycles. The van der Waals surface area contributed by atoms with Crippen LogP contribution in [0.2, 0.25) is 0 Å². The number of hydrogen-bond donors (Lipinski definition) is 1. The minimum Gasteiger partial charge on any atom is -0.354 e. The molecule has 0 saturated carbocycles. The number of benzene rings is 2. The zero-order valence-corrected chi connectivity index (χ0v) is 17.0. The van der Waals surface area contributed by atoms with E-state index in [0.29, 0.717) is 39.0 Å². The molecule has 7 heteroatoms. The Hall–Kier alpha value is -3.22. The van der Waals surface area contributed by atoms with Crippen molar-refractivity contribution in [3.63, 3.8) is 0 Å². The van der Waals surface area contributed by atoms with Crippen LogP contribution in [0, 0.1) is 5.92 Å². The molecule has 2 heterocycles. The van der Waals surface area contributed by atoms with Crippen molar-refractivity contribution in [1.29, 1.82) is 0 Å². The first-order valence-corrected chi connectivity index (χ1v) is 10.6. The highest BCUT2D eigenvalue weighted by molar-refractivity contribution is 5.83. The number of amides is 2. The second-order valence-electron chi connectivity index (χ2n) is 7.76. The lowest BCUT2D eigenvalue weighted by Crippen LogP contribution is -2.46. The quantitative estimate of drug-likeness (QED) is 0.624. The molecule has 3 aromatic rings. The SMILES string of the molecule is O=C(NCCn1nnc2ccccc21)[C@@H]1CCC(=O)N(CCCc2ccccc2)C1. The number of carbonyl (C=O) groups is 2. The first-order chi connectivity index (χ1) is 14.7. The Balaban J connectivity index is 1.24. The summed E-state index contributed by atoms with van der Waals surface area (Å²) in [6, 6.07) is 18.0. The Morgan fingerprint density at radius 2 is 1.87 bits per heavy atom. The number of hydrogen-bond acceptors (Lipinski definition) is 4. The second kappa shape index (κ2) is 9.52. The van der Waals surface area contributed by atoms with E-state index in [2.05, 4.69) is 27.8 Å². The summed E-state index contributed by atoms with van der Waals surface area (Å²) >= 11 is 0. The van der Waals surface area contributed by atoms with Gasteiger partial charge in [-0.05, 0) is 37.0 Å². The third-order valence-electron chi connectivity index (χ3n) is 5.65. The molecule has 2 aromatic carbocycles. The van der Waals surface area contributed by atoms with Crippen LogP contribution >= 0.6 is 0 Å². The van der Waals surface area contributed by atoms with E-state index in [0.717, 1.165) is 23.9 Å². The highest BCUT2D eigenvalue weighted by atomic mass is 16.2. The molecule has 156 valence electrons. The van der Waals surface area contributed by atoms with E-state index in [1.54, 1.807) is 4.68 Å². The smallest absolute Gasteiger partial charge is 0.224 e. The van der Waals surface area contributed by atoms with Gasteiger partial charge in [0.2, 0.25) is 11.8 Å². The predicted molar refractivity (Wildman–Crippen MR) is 115 cm³/mol. The summed E-state index contributed by atoms with van der Waals surface area (Å²) in [7, 11) is 0. The van der Waals surface area contributed by atoms with Gasteiger partial charge >= 0.3 is 0 Å². The standard InChI is InChI=1S/C23H27N5O2/c29-22-13-12-19(17-27(22)15-6-9-18-7-2-1-3-8-18)23(30)24-14-16-28-21-11-5-4-10-20(21)25-26-28/h1-5,7-8,10-11,19H,6,9,12-17H2,(H,24,30)/t19-/m1/s1. The molecule has 0 radical (unpaired) electrons. The van der Waals surface area contributed by atoms with Crippen molar-refractivity contribution >= 4 is 22.8 Å². The maximum atomic E-state index is 12.6. The number of nitrogens with one attached hydrogen (secondary N) is 1. The van der Waals surface area contributed by atoms with Gasteiger partial charge in [0.1, 0.15) is 5.52 Å². The van der Waals surface area contributed by atoms with Gasteiger partial charge in [0, 0.05) is 26.1 Å². The van der Waals surface area contributed by atoms with Gasteiger partial charge in [-0.3, -0.25) is 9.59 Å². The van der Waals surface area contributed by atoms with Crippen molar-refractivity contribution in [3.8, 4) is 0 Å². The summed E-state index contributed by atoms with van der Waals surface area (Å²) in [5.41, 5.74) is 3.08. The van der Waals surface area contributed by atoms with Gasteiger partial charge < -0.3 is 10.2 Å². The molecular formula is C23H27N5O2. The van der Waals surface area contributed by atoms with E-state index in [4.69, 9.17) is 0 Å². The minimum atomic E-state index is -0.146. The Kier molecular flexibility index (Phi) is 6.37. The number of fused-ring (bicyclic) bond motifs is 1. The largest absolute Gasteiger partial charge is 0.354 e. The van der Waals surface area contributed by atoms with Crippen LogP contribution in [0.3, 0.4) is 0 Å². The van der Waals surface area contributed by atoms with Crippen molar-refractivity contribution in [1.82, 2.24) is 25.2 Å². The van der Waals surface area contributed by atoms with Gasteiger partial charge in [0.25, 0.3) is 0 Å². The molecule has 1 aliphatic rings. The van der Waals surface area contributed by atoms with E-state index < -0.39 is 0 Å². The van der Waals surface area contributed by atoms with Crippen LogP contribution < -0.4 is 5.32 Å². The molecule has 0 unspecified atom stereocenters. The zero-order valence-electron chi connectivity index (χ0n) is 17.0. The summed E-state index contributed by atoms with van der Waals surface area (Å²) < 4.78 is 1.80. The number of aromatic nitrogens is 3. The molecule has 7 nitrogen and oxygen atoms in total. The first kappa shape index (κ1) is 20.1. The molecule has 4 rings (SSSR count). The molecule has 1 atom stereocenters. The Labute approximate surface area is 176 Å². The van der Waals surface area contributed by atoms with Gasteiger partial charge in [0.15, 0.2) is 0 Å².